The number of hydrogen-bond donors (Lipinski definition) is 1. The van der Waals surface area contributed by atoms with Crippen molar-refractivity contribution in [3.05, 3.63) is 77.7 Å². The van der Waals surface area contributed by atoms with Crippen LogP contribution in [0.2, 0.25) is 0 Å². The number of rotatable bonds is 6. The van der Waals surface area contributed by atoms with Crippen LogP contribution in [0.15, 0.2) is 60.7 Å². The molecule has 37 heavy (non-hydrogen) atoms. The lowest BCUT2D eigenvalue weighted by Gasteiger charge is -2.36. The molecule has 6 nitrogen and oxygen atoms in total. The van der Waals surface area contributed by atoms with Gasteiger partial charge in [-0.1, -0.05) is 44.2 Å². The van der Waals surface area contributed by atoms with E-state index in [-0.39, 0.29) is 17.6 Å². The van der Waals surface area contributed by atoms with E-state index in [0.29, 0.717) is 54.1 Å². The molecule has 0 radical (unpaired) electrons. The summed E-state index contributed by atoms with van der Waals surface area (Å²) in [4.78, 5) is 20.7. The maximum absolute atomic E-state index is 15.6. The lowest BCUT2D eigenvalue weighted by molar-refractivity contribution is 0.0741. The van der Waals surface area contributed by atoms with Crippen LogP contribution in [0.5, 0.6) is 11.5 Å². The van der Waals surface area contributed by atoms with Gasteiger partial charge >= 0.3 is 0 Å². The van der Waals surface area contributed by atoms with Crippen LogP contribution in [-0.2, 0) is 0 Å². The standard InChI is InChI=1S/C30H32FN3O3/c1-19(2)21-17-22(20-9-5-7-11-26(20)36-3)23-18-24(32-29(23)28(21)31)30(35)34-15-13-33(14-16-34)25-10-6-8-12-27(25)37-4/h5-12,17-19,32H,13-16H2,1-4H3. The number of carbonyl (C=O) groups is 1. The first kappa shape index (κ1) is 24.7. The smallest absolute Gasteiger partial charge is 0.270 e. The molecule has 2 heterocycles. The van der Waals surface area contributed by atoms with E-state index >= 15 is 4.39 Å². The van der Waals surface area contributed by atoms with Gasteiger partial charge in [-0.15, -0.1) is 0 Å². The van der Waals surface area contributed by atoms with Crippen molar-refractivity contribution in [3.63, 3.8) is 0 Å². The zero-order valence-corrected chi connectivity index (χ0v) is 21.7. The second-order valence-electron chi connectivity index (χ2n) is 9.61. The van der Waals surface area contributed by atoms with E-state index in [9.17, 15) is 4.79 Å². The quantitative estimate of drug-likeness (QED) is 0.348. The Balaban J connectivity index is 1.48. The second kappa shape index (κ2) is 10.2. The molecule has 0 bridgehead atoms. The summed E-state index contributed by atoms with van der Waals surface area (Å²) in [6.45, 7) is 6.42. The largest absolute Gasteiger partial charge is 0.496 e. The summed E-state index contributed by atoms with van der Waals surface area (Å²) < 4.78 is 26.7. The molecular formula is C30H32FN3O3. The third kappa shape index (κ3) is 4.50. The first-order chi connectivity index (χ1) is 17.9. The van der Waals surface area contributed by atoms with Crippen LogP contribution in [0.25, 0.3) is 22.0 Å². The van der Waals surface area contributed by atoms with E-state index in [1.165, 1.54) is 0 Å². The number of benzene rings is 3. The number of anilines is 1. The summed E-state index contributed by atoms with van der Waals surface area (Å²) in [7, 11) is 3.29. The number of amides is 1. The van der Waals surface area contributed by atoms with Crippen molar-refractivity contribution in [2.45, 2.75) is 19.8 Å². The number of H-pyrrole nitrogens is 1. The van der Waals surface area contributed by atoms with E-state index in [1.807, 2.05) is 73.3 Å². The fourth-order valence-electron chi connectivity index (χ4n) is 5.12. The summed E-state index contributed by atoms with van der Waals surface area (Å²) >= 11 is 0. The fraction of sp³-hybridized carbons (Fsp3) is 0.300. The third-order valence-electron chi connectivity index (χ3n) is 7.12. The molecule has 1 N–H and O–H groups in total. The summed E-state index contributed by atoms with van der Waals surface area (Å²) in [5.74, 6) is 1.05. The zero-order chi connectivity index (χ0) is 26.1. The van der Waals surface area contributed by atoms with Crippen LogP contribution in [0.3, 0.4) is 0 Å². The highest BCUT2D eigenvalue weighted by Gasteiger charge is 2.27. The molecule has 7 heteroatoms. The Morgan fingerprint density at radius 3 is 2.22 bits per heavy atom. The van der Waals surface area contributed by atoms with E-state index in [1.54, 1.807) is 20.3 Å². The average Bonchev–Trinajstić information content (AvgIpc) is 3.39. The van der Waals surface area contributed by atoms with Crippen molar-refractivity contribution in [3.8, 4) is 22.6 Å². The molecule has 0 aliphatic carbocycles. The normalized spacial score (nSPS) is 13.9. The Labute approximate surface area is 216 Å². The Bertz CT molecular complexity index is 1440. The molecule has 1 fully saturated rings. The Kier molecular flexibility index (Phi) is 6.78. The molecule has 0 atom stereocenters. The number of nitrogens with one attached hydrogen (secondary N) is 1. The van der Waals surface area contributed by atoms with Gasteiger partial charge in [0.25, 0.3) is 5.91 Å². The molecule has 1 saturated heterocycles. The summed E-state index contributed by atoms with van der Waals surface area (Å²) in [6.07, 6.45) is 0. The SMILES string of the molecule is COc1ccccc1-c1cc(C(C)C)c(F)c2[nH]c(C(=O)N3CCN(c4ccccc4OC)CC3)cc12. The van der Waals surface area contributed by atoms with Crippen molar-refractivity contribution in [1.82, 2.24) is 9.88 Å². The number of piperazine rings is 1. The van der Waals surface area contributed by atoms with Gasteiger partial charge in [-0.3, -0.25) is 4.79 Å². The van der Waals surface area contributed by atoms with E-state index in [4.69, 9.17) is 9.47 Å². The maximum Gasteiger partial charge on any atom is 0.270 e. The highest BCUT2D eigenvalue weighted by molar-refractivity contribution is 6.04. The molecule has 192 valence electrons. The Hall–Kier alpha value is -4.00. The van der Waals surface area contributed by atoms with Crippen LogP contribution >= 0.6 is 0 Å². The summed E-state index contributed by atoms with van der Waals surface area (Å²) in [6, 6.07) is 19.2. The number of nitrogens with zero attached hydrogens (tertiary/aromatic N) is 2. The summed E-state index contributed by atoms with van der Waals surface area (Å²) in [5, 5.41) is 0.669. The van der Waals surface area contributed by atoms with Gasteiger partial charge in [0.2, 0.25) is 0 Å². The number of para-hydroxylation sites is 3. The van der Waals surface area contributed by atoms with Crippen LogP contribution in [0.1, 0.15) is 35.8 Å². The van der Waals surface area contributed by atoms with Crippen molar-refractivity contribution in [2.75, 3.05) is 45.3 Å². The predicted octanol–water partition coefficient (Wildman–Crippen LogP) is 6.08. The van der Waals surface area contributed by atoms with Gasteiger partial charge in [0.15, 0.2) is 5.82 Å². The van der Waals surface area contributed by atoms with Crippen LogP contribution in [0, 0.1) is 5.82 Å². The number of aromatic amines is 1. The van der Waals surface area contributed by atoms with Crippen LogP contribution in [0.4, 0.5) is 10.1 Å². The highest BCUT2D eigenvalue weighted by atomic mass is 19.1. The van der Waals surface area contributed by atoms with Gasteiger partial charge in [0.1, 0.15) is 17.2 Å². The van der Waals surface area contributed by atoms with Gasteiger partial charge in [0.05, 0.1) is 25.4 Å². The molecule has 1 aromatic heterocycles. The number of ether oxygens (including phenoxy) is 2. The third-order valence-corrected chi connectivity index (χ3v) is 7.12. The van der Waals surface area contributed by atoms with Crippen LogP contribution < -0.4 is 14.4 Å². The van der Waals surface area contributed by atoms with E-state index in [0.717, 1.165) is 22.6 Å². The number of carbonyl (C=O) groups excluding carboxylic acids is 1. The minimum Gasteiger partial charge on any atom is -0.496 e. The monoisotopic (exact) mass is 501 g/mol. The average molecular weight is 502 g/mol. The minimum atomic E-state index is -0.316. The second-order valence-corrected chi connectivity index (χ2v) is 9.61. The zero-order valence-electron chi connectivity index (χ0n) is 21.7. The van der Waals surface area contributed by atoms with Crippen molar-refractivity contribution >= 4 is 22.5 Å². The number of fused-ring (bicyclic) bond motifs is 1. The van der Waals surface area contributed by atoms with Crippen molar-refractivity contribution in [1.29, 1.82) is 0 Å². The van der Waals surface area contributed by atoms with Gasteiger partial charge in [-0.2, -0.15) is 0 Å². The van der Waals surface area contributed by atoms with Crippen molar-refractivity contribution in [2.24, 2.45) is 0 Å². The van der Waals surface area contributed by atoms with E-state index < -0.39 is 0 Å². The summed E-state index contributed by atoms with van der Waals surface area (Å²) in [5.41, 5.74) is 4.06. The molecule has 0 saturated carbocycles. The number of halogens is 1. The molecule has 5 rings (SSSR count). The molecule has 3 aromatic carbocycles. The molecule has 1 amide bonds. The van der Waals surface area contributed by atoms with Crippen molar-refractivity contribution < 1.29 is 18.7 Å². The predicted molar refractivity (Wildman–Crippen MR) is 145 cm³/mol. The number of aromatic nitrogens is 1. The first-order valence-corrected chi connectivity index (χ1v) is 12.6. The molecule has 1 aliphatic heterocycles. The van der Waals surface area contributed by atoms with Gasteiger partial charge in [-0.25, -0.2) is 4.39 Å². The Morgan fingerprint density at radius 1 is 0.892 bits per heavy atom. The molecule has 0 spiro atoms. The van der Waals surface area contributed by atoms with Gasteiger partial charge < -0.3 is 24.3 Å². The Morgan fingerprint density at radius 2 is 1.54 bits per heavy atom. The topological polar surface area (TPSA) is 57.8 Å². The first-order valence-electron chi connectivity index (χ1n) is 12.6. The number of methoxy groups -OCH3 is 2. The highest BCUT2D eigenvalue weighted by Crippen LogP contribution is 2.39. The molecule has 0 unspecified atom stereocenters. The van der Waals surface area contributed by atoms with Gasteiger partial charge in [-0.05, 0) is 47.4 Å². The fourth-order valence-corrected chi connectivity index (χ4v) is 5.12. The molecule has 4 aromatic rings. The molecule has 1 aliphatic rings. The number of hydrogen-bond acceptors (Lipinski definition) is 4. The van der Waals surface area contributed by atoms with Gasteiger partial charge in [0, 0.05) is 37.1 Å². The lowest BCUT2D eigenvalue weighted by Crippen LogP contribution is -2.49. The van der Waals surface area contributed by atoms with Crippen LogP contribution in [-0.4, -0.2) is 56.2 Å². The van der Waals surface area contributed by atoms with E-state index in [2.05, 4.69) is 9.88 Å². The minimum absolute atomic E-state index is 0.0247. The molecular weight excluding hydrogens is 469 g/mol. The maximum atomic E-state index is 15.6. The lowest BCUT2D eigenvalue weighted by atomic mass is 9.93.